The molecule has 2 N–H and O–H groups in total. The summed E-state index contributed by atoms with van der Waals surface area (Å²) >= 11 is 0. The maximum absolute atomic E-state index is 11.4. The number of nitrogens with zero attached hydrogens (tertiary/aromatic N) is 1. The molecule has 1 aliphatic heterocycles. The van der Waals surface area contributed by atoms with Gasteiger partial charge in [-0.1, -0.05) is 13.8 Å². The van der Waals surface area contributed by atoms with Crippen molar-refractivity contribution in [2.75, 3.05) is 25.4 Å². The van der Waals surface area contributed by atoms with Gasteiger partial charge in [0.05, 0.1) is 5.75 Å². The van der Waals surface area contributed by atoms with E-state index < -0.39 is 10.0 Å². The minimum absolute atomic E-state index is 0.114. The Morgan fingerprint density at radius 1 is 1.46 bits per heavy atom. The van der Waals surface area contributed by atoms with Crippen molar-refractivity contribution in [2.45, 2.75) is 20.3 Å². The van der Waals surface area contributed by atoms with Crippen LogP contribution in [0.2, 0.25) is 0 Å². The zero-order chi connectivity index (χ0) is 10.1. The first-order valence-electron chi connectivity index (χ1n) is 4.55. The Morgan fingerprint density at radius 3 is 2.46 bits per heavy atom. The summed E-state index contributed by atoms with van der Waals surface area (Å²) in [6.45, 7) is 5.69. The molecule has 1 rings (SSSR count). The van der Waals surface area contributed by atoms with Crippen molar-refractivity contribution in [3.8, 4) is 0 Å². The van der Waals surface area contributed by atoms with E-state index in [9.17, 15) is 8.42 Å². The largest absolute Gasteiger partial charge is 0.330 e. The van der Waals surface area contributed by atoms with E-state index in [0.29, 0.717) is 25.4 Å². The van der Waals surface area contributed by atoms with Crippen LogP contribution in [-0.4, -0.2) is 38.1 Å². The number of nitrogens with two attached hydrogens (primary N) is 1. The second kappa shape index (κ2) is 3.55. The van der Waals surface area contributed by atoms with Gasteiger partial charge < -0.3 is 5.73 Å². The molecule has 4 nitrogen and oxygen atoms in total. The Labute approximate surface area is 80.1 Å². The third kappa shape index (κ3) is 2.65. The third-order valence-corrected chi connectivity index (χ3v) is 4.26. The van der Waals surface area contributed by atoms with Crippen LogP contribution in [0.15, 0.2) is 0 Å². The van der Waals surface area contributed by atoms with Crippen LogP contribution >= 0.6 is 0 Å². The highest BCUT2D eigenvalue weighted by atomic mass is 32.2. The van der Waals surface area contributed by atoms with Gasteiger partial charge in [0.25, 0.3) is 0 Å². The fraction of sp³-hybridized carbons (Fsp3) is 1.00. The van der Waals surface area contributed by atoms with Gasteiger partial charge in [0.2, 0.25) is 10.0 Å². The molecule has 0 aromatic carbocycles. The quantitative estimate of drug-likeness (QED) is 0.707. The Hall–Kier alpha value is -0.130. The molecule has 0 aliphatic carbocycles. The topological polar surface area (TPSA) is 63.4 Å². The van der Waals surface area contributed by atoms with Gasteiger partial charge in [0, 0.05) is 13.1 Å². The van der Waals surface area contributed by atoms with E-state index in [2.05, 4.69) is 0 Å². The van der Waals surface area contributed by atoms with Crippen LogP contribution in [0.4, 0.5) is 0 Å². The van der Waals surface area contributed by atoms with Crippen molar-refractivity contribution in [1.29, 1.82) is 0 Å². The van der Waals surface area contributed by atoms with Crippen molar-refractivity contribution < 1.29 is 8.42 Å². The van der Waals surface area contributed by atoms with E-state index in [1.807, 2.05) is 13.8 Å². The normalized spacial score (nSPS) is 23.6. The monoisotopic (exact) mass is 206 g/mol. The summed E-state index contributed by atoms with van der Waals surface area (Å²) in [6, 6.07) is 0. The fourth-order valence-electron chi connectivity index (χ4n) is 1.41. The molecular formula is C8H18N2O2S. The molecule has 0 radical (unpaired) electrons. The molecular weight excluding hydrogens is 188 g/mol. The van der Waals surface area contributed by atoms with Gasteiger partial charge >= 0.3 is 0 Å². The average Bonchev–Trinajstić information content (AvgIpc) is 2.31. The lowest BCUT2D eigenvalue weighted by Gasteiger charge is -2.27. The van der Waals surface area contributed by atoms with E-state index in [-0.39, 0.29) is 5.41 Å². The molecule has 1 saturated heterocycles. The van der Waals surface area contributed by atoms with Crippen LogP contribution in [0, 0.1) is 5.41 Å². The van der Waals surface area contributed by atoms with E-state index in [0.717, 1.165) is 6.42 Å². The van der Waals surface area contributed by atoms with Crippen molar-refractivity contribution in [1.82, 2.24) is 4.31 Å². The lowest BCUT2D eigenvalue weighted by Crippen LogP contribution is -2.39. The summed E-state index contributed by atoms with van der Waals surface area (Å²) in [5, 5.41) is 0. The van der Waals surface area contributed by atoms with E-state index in [1.54, 1.807) is 4.31 Å². The Balaban J connectivity index is 2.65. The first-order valence-corrected chi connectivity index (χ1v) is 6.16. The molecule has 0 aromatic rings. The van der Waals surface area contributed by atoms with Crippen LogP contribution in [-0.2, 0) is 10.0 Å². The Bertz CT molecular complexity index is 272. The van der Waals surface area contributed by atoms with E-state index in [4.69, 9.17) is 5.73 Å². The van der Waals surface area contributed by atoms with Crippen molar-refractivity contribution in [2.24, 2.45) is 11.1 Å². The van der Waals surface area contributed by atoms with Crippen molar-refractivity contribution >= 4 is 10.0 Å². The van der Waals surface area contributed by atoms with Gasteiger partial charge in [0.15, 0.2) is 0 Å². The summed E-state index contributed by atoms with van der Waals surface area (Å²) in [5.41, 5.74) is 5.44. The van der Waals surface area contributed by atoms with Gasteiger partial charge in [0.1, 0.15) is 0 Å². The lowest BCUT2D eigenvalue weighted by atomic mass is 9.94. The number of rotatable bonds is 3. The summed E-state index contributed by atoms with van der Waals surface area (Å²) < 4.78 is 24.4. The van der Waals surface area contributed by atoms with Crippen LogP contribution in [0.25, 0.3) is 0 Å². The van der Waals surface area contributed by atoms with Gasteiger partial charge in [-0.3, -0.25) is 0 Å². The molecule has 0 saturated carbocycles. The second-order valence-corrected chi connectivity index (χ2v) is 6.46. The maximum atomic E-state index is 11.4. The maximum Gasteiger partial charge on any atom is 0.214 e. The molecule has 78 valence electrons. The molecule has 1 heterocycles. The molecule has 0 amide bonds. The summed E-state index contributed by atoms with van der Waals surface area (Å²) in [5.74, 6) is 0.299. The van der Waals surface area contributed by atoms with Crippen molar-refractivity contribution in [3.05, 3.63) is 0 Å². The van der Waals surface area contributed by atoms with Gasteiger partial charge in [-0.2, -0.15) is 0 Å². The molecule has 13 heavy (non-hydrogen) atoms. The van der Waals surface area contributed by atoms with Crippen LogP contribution < -0.4 is 5.73 Å². The number of hydrogen-bond acceptors (Lipinski definition) is 3. The fourth-order valence-corrected chi connectivity index (χ4v) is 3.12. The molecule has 0 spiro atoms. The van der Waals surface area contributed by atoms with Crippen molar-refractivity contribution in [3.63, 3.8) is 0 Å². The molecule has 0 atom stereocenters. The minimum atomic E-state index is -2.95. The van der Waals surface area contributed by atoms with Gasteiger partial charge in [-0.05, 0) is 18.4 Å². The molecule has 1 aliphatic rings. The summed E-state index contributed by atoms with van der Waals surface area (Å²) in [7, 11) is -2.95. The Morgan fingerprint density at radius 2 is 2.08 bits per heavy atom. The SMILES string of the molecule is CC(C)(CN)CN1CCCS1(=O)=O. The lowest BCUT2D eigenvalue weighted by molar-refractivity contribution is 0.278. The highest BCUT2D eigenvalue weighted by Crippen LogP contribution is 2.21. The summed E-state index contributed by atoms with van der Waals surface area (Å²) in [4.78, 5) is 0. The molecule has 1 fully saturated rings. The zero-order valence-corrected chi connectivity index (χ0v) is 9.10. The first kappa shape index (κ1) is 10.9. The predicted octanol–water partition coefficient (Wildman–Crippen LogP) is 0.00680. The predicted molar refractivity (Wildman–Crippen MR) is 52.8 cm³/mol. The first-order chi connectivity index (χ1) is 5.87. The smallest absolute Gasteiger partial charge is 0.214 e. The minimum Gasteiger partial charge on any atom is -0.330 e. The van der Waals surface area contributed by atoms with Crippen LogP contribution in [0.3, 0.4) is 0 Å². The third-order valence-electron chi connectivity index (χ3n) is 2.36. The molecule has 0 unspecified atom stereocenters. The van der Waals surface area contributed by atoms with Gasteiger partial charge in [-0.25, -0.2) is 12.7 Å². The van der Waals surface area contributed by atoms with E-state index >= 15 is 0 Å². The molecule has 0 aromatic heterocycles. The van der Waals surface area contributed by atoms with Gasteiger partial charge in [-0.15, -0.1) is 0 Å². The second-order valence-electron chi connectivity index (χ2n) is 4.37. The average molecular weight is 206 g/mol. The highest BCUT2D eigenvalue weighted by molar-refractivity contribution is 7.89. The van der Waals surface area contributed by atoms with Crippen LogP contribution in [0.1, 0.15) is 20.3 Å². The molecule has 0 bridgehead atoms. The highest BCUT2D eigenvalue weighted by Gasteiger charge is 2.32. The number of hydrogen-bond donors (Lipinski definition) is 1. The Kier molecular flexibility index (Phi) is 2.99. The zero-order valence-electron chi connectivity index (χ0n) is 8.28. The van der Waals surface area contributed by atoms with E-state index in [1.165, 1.54) is 0 Å². The number of sulfonamides is 1. The van der Waals surface area contributed by atoms with Crippen LogP contribution in [0.5, 0.6) is 0 Å². The molecule has 5 heteroatoms. The summed E-state index contributed by atoms with van der Waals surface area (Å²) in [6.07, 6.45) is 0.753. The standard InChI is InChI=1S/C8H18N2O2S/c1-8(2,6-9)7-10-4-3-5-13(10,11)12/h3-7,9H2,1-2H3.